The van der Waals surface area contributed by atoms with Crippen molar-refractivity contribution in [2.45, 2.75) is 31.4 Å². The lowest BCUT2D eigenvalue weighted by molar-refractivity contribution is -0.122. The van der Waals surface area contributed by atoms with Crippen molar-refractivity contribution in [3.8, 4) is 5.75 Å². The number of amides is 1. The monoisotopic (exact) mass is 329 g/mol. The highest BCUT2D eigenvalue weighted by Crippen LogP contribution is 2.38. The molecule has 0 radical (unpaired) electrons. The number of aryl methyl sites for hydroxylation is 1. The lowest BCUT2D eigenvalue weighted by Gasteiger charge is -2.37. The first-order chi connectivity index (χ1) is 11.6. The molecule has 0 aliphatic heterocycles. The number of aromatic nitrogens is 2. The summed E-state index contributed by atoms with van der Waals surface area (Å²) in [6.45, 7) is 0. The van der Waals surface area contributed by atoms with E-state index < -0.39 is 0 Å². The van der Waals surface area contributed by atoms with E-state index >= 15 is 0 Å². The summed E-state index contributed by atoms with van der Waals surface area (Å²) in [4.78, 5) is 12.5. The highest BCUT2D eigenvalue weighted by Gasteiger charge is 2.36. The van der Waals surface area contributed by atoms with Crippen LogP contribution in [-0.4, -0.2) is 34.0 Å². The van der Waals surface area contributed by atoms with Crippen LogP contribution in [0.1, 0.15) is 30.0 Å². The predicted molar refractivity (Wildman–Crippen MR) is 89.5 cm³/mol. The van der Waals surface area contributed by atoms with E-state index in [1.54, 1.807) is 18.0 Å². The average Bonchev–Trinajstić information content (AvgIpc) is 2.97. The Balaban J connectivity index is 1.71. The van der Waals surface area contributed by atoms with Gasteiger partial charge >= 0.3 is 0 Å². The molecule has 24 heavy (non-hydrogen) atoms. The fraction of sp³-hybridized carbons (Fsp3) is 0.444. The second-order valence-corrected chi connectivity index (χ2v) is 6.37. The van der Waals surface area contributed by atoms with Crippen molar-refractivity contribution in [2.75, 3.05) is 7.11 Å². The Morgan fingerprint density at radius 1 is 1.46 bits per heavy atom. The molecule has 1 aromatic carbocycles. The maximum Gasteiger partial charge on any atom is 0.225 e. The van der Waals surface area contributed by atoms with Gasteiger partial charge in [0.2, 0.25) is 5.91 Å². The van der Waals surface area contributed by atoms with Crippen LogP contribution < -0.4 is 10.1 Å². The molecule has 0 unspecified atom stereocenters. The molecule has 1 fully saturated rings. The van der Waals surface area contributed by atoms with Crippen LogP contribution in [0.25, 0.3) is 0 Å². The van der Waals surface area contributed by atoms with Gasteiger partial charge in [-0.15, -0.1) is 0 Å². The van der Waals surface area contributed by atoms with Crippen LogP contribution in [0.5, 0.6) is 5.75 Å². The summed E-state index contributed by atoms with van der Waals surface area (Å²) in [5.74, 6) is 0.894. The molecule has 0 saturated heterocycles. The molecule has 1 saturated carbocycles. The summed E-state index contributed by atoms with van der Waals surface area (Å²) in [5, 5.41) is 16.9. The summed E-state index contributed by atoms with van der Waals surface area (Å²) in [6.07, 6.45) is 5.09. The maximum atomic E-state index is 12.5. The number of carbonyl (C=O) groups is 1. The first-order valence-corrected chi connectivity index (χ1v) is 8.14. The quantitative estimate of drug-likeness (QED) is 0.844. The highest BCUT2D eigenvalue weighted by atomic mass is 16.5. The van der Waals surface area contributed by atoms with Crippen LogP contribution in [0.2, 0.25) is 0 Å². The van der Waals surface area contributed by atoms with E-state index in [0.717, 1.165) is 11.1 Å². The summed E-state index contributed by atoms with van der Waals surface area (Å²) < 4.78 is 7.03. The standard InChI is InChI=1S/C18H23N3O3/c1-21-11-14(10-19-21)18(13-7-15(22)8-13)20-17(23)9-12-5-3-4-6-16(12)24-2/h3-6,10-11,13,15,18,22H,7-9H2,1-2H3,(H,20,23)/t13?,15?,18-/m1/s1. The minimum atomic E-state index is -0.264. The van der Waals surface area contributed by atoms with Gasteiger partial charge in [-0.25, -0.2) is 0 Å². The third-order valence-electron chi connectivity index (χ3n) is 4.57. The molecule has 0 spiro atoms. The van der Waals surface area contributed by atoms with Crippen molar-refractivity contribution in [3.63, 3.8) is 0 Å². The van der Waals surface area contributed by atoms with Crippen molar-refractivity contribution in [2.24, 2.45) is 13.0 Å². The fourth-order valence-electron chi connectivity index (χ4n) is 3.22. The Morgan fingerprint density at radius 2 is 2.21 bits per heavy atom. The second kappa shape index (κ2) is 7.05. The van der Waals surface area contributed by atoms with Crippen LogP contribution in [-0.2, 0) is 18.3 Å². The fourth-order valence-corrected chi connectivity index (χ4v) is 3.22. The molecule has 1 aromatic heterocycles. The average molecular weight is 329 g/mol. The Kier molecular flexibility index (Phi) is 4.85. The van der Waals surface area contributed by atoms with E-state index in [-0.39, 0.29) is 30.4 Å². The van der Waals surface area contributed by atoms with Crippen LogP contribution >= 0.6 is 0 Å². The van der Waals surface area contributed by atoms with Crippen molar-refractivity contribution in [1.29, 1.82) is 0 Å². The van der Waals surface area contributed by atoms with Crippen LogP contribution in [0.4, 0.5) is 0 Å². The molecule has 3 rings (SSSR count). The molecule has 6 heteroatoms. The normalized spacial score (nSPS) is 21.0. The largest absolute Gasteiger partial charge is 0.496 e. The molecule has 0 bridgehead atoms. The molecule has 1 heterocycles. The zero-order chi connectivity index (χ0) is 17.1. The third-order valence-corrected chi connectivity index (χ3v) is 4.57. The van der Waals surface area contributed by atoms with Crippen molar-refractivity contribution < 1.29 is 14.6 Å². The molecule has 2 N–H and O–H groups in total. The topological polar surface area (TPSA) is 76.4 Å². The van der Waals surface area contributed by atoms with E-state index in [0.29, 0.717) is 18.6 Å². The van der Waals surface area contributed by atoms with Crippen molar-refractivity contribution in [1.82, 2.24) is 15.1 Å². The second-order valence-electron chi connectivity index (χ2n) is 6.37. The number of methoxy groups -OCH3 is 1. The number of benzene rings is 1. The van der Waals surface area contributed by atoms with E-state index in [9.17, 15) is 9.90 Å². The minimum absolute atomic E-state index is 0.0604. The smallest absolute Gasteiger partial charge is 0.225 e. The number of nitrogens with one attached hydrogen (secondary N) is 1. The number of aliphatic hydroxyl groups is 1. The number of rotatable bonds is 6. The SMILES string of the molecule is COc1ccccc1CC(=O)N[C@@H](c1cnn(C)c1)C1CC(O)C1. The maximum absolute atomic E-state index is 12.5. The van der Waals surface area contributed by atoms with Crippen LogP contribution in [0, 0.1) is 5.92 Å². The summed E-state index contributed by atoms with van der Waals surface area (Å²) in [5.41, 5.74) is 1.83. The van der Waals surface area contributed by atoms with Gasteiger partial charge in [0.25, 0.3) is 0 Å². The molecule has 6 nitrogen and oxygen atoms in total. The number of carbonyl (C=O) groups excluding carboxylic acids is 1. The van der Waals surface area contributed by atoms with Gasteiger partial charge in [0.1, 0.15) is 5.75 Å². The van der Waals surface area contributed by atoms with Crippen LogP contribution in [0.15, 0.2) is 36.7 Å². The number of aliphatic hydroxyl groups excluding tert-OH is 1. The highest BCUT2D eigenvalue weighted by molar-refractivity contribution is 5.79. The summed E-state index contributed by atoms with van der Waals surface area (Å²) >= 11 is 0. The van der Waals surface area contributed by atoms with Gasteiger partial charge < -0.3 is 15.2 Å². The predicted octanol–water partition coefficient (Wildman–Crippen LogP) is 1.60. The van der Waals surface area contributed by atoms with Crippen LogP contribution in [0.3, 0.4) is 0 Å². The lowest BCUT2D eigenvalue weighted by Crippen LogP contribution is -2.41. The Bertz CT molecular complexity index is 707. The van der Waals surface area contributed by atoms with E-state index in [2.05, 4.69) is 10.4 Å². The first kappa shape index (κ1) is 16.5. The van der Waals surface area contributed by atoms with Gasteiger partial charge in [-0.05, 0) is 24.8 Å². The van der Waals surface area contributed by atoms with Gasteiger partial charge in [-0.3, -0.25) is 9.48 Å². The van der Waals surface area contributed by atoms with E-state index in [1.807, 2.05) is 37.5 Å². The molecular weight excluding hydrogens is 306 g/mol. The number of nitrogens with zero attached hydrogens (tertiary/aromatic N) is 2. The molecule has 128 valence electrons. The first-order valence-electron chi connectivity index (χ1n) is 8.14. The van der Waals surface area contributed by atoms with Gasteiger partial charge in [0, 0.05) is 24.4 Å². The number of ether oxygens (including phenoxy) is 1. The molecule has 1 amide bonds. The van der Waals surface area contributed by atoms with Gasteiger partial charge in [0.15, 0.2) is 0 Å². The minimum Gasteiger partial charge on any atom is -0.496 e. The Morgan fingerprint density at radius 3 is 2.83 bits per heavy atom. The molecule has 1 atom stereocenters. The Labute approximate surface area is 141 Å². The molecule has 2 aromatic rings. The number of para-hydroxylation sites is 1. The third kappa shape index (κ3) is 3.59. The number of hydrogen-bond donors (Lipinski definition) is 2. The Hall–Kier alpha value is -2.34. The zero-order valence-electron chi connectivity index (χ0n) is 14.0. The zero-order valence-corrected chi connectivity index (χ0v) is 14.0. The van der Waals surface area contributed by atoms with Crippen molar-refractivity contribution >= 4 is 5.91 Å². The van der Waals surface area contributed by atoms with E-state index in [1.165, 1.54) is 0 Å². The number of hydrogen-bond acceptors (Lipinski definition) is 4. The summed E-state index contributed by atoms with van der Waals surface area (Å²) in [6, 6.07) is 7.40. The van der Waals surface area contributed by atoms with Crippen molar-refractivity contribution in [3.05, 3.63) is 47.8 Å². The summed E-state index contributed by atoms with van der Waals surface area (Å²) in [7, 11) is 3.46. The molecular formula is C18H23N3O3. The van der Waals surface area contributed by atoms with Gasteiger partial charge in [-0.1, -0.05) is 18.2 Å². The van der Waals surface area contributed by atoms with E-state index in [4.69, 9.17) is 4.74 Å². The molecule has 1 aliphatic carbocycles. The van der Waals surface area contributed by atoms with Gasteiger partial charge in [0.05, 0.1) is 31.9 Å². The van der Waals surface area contributed by atoms with Gasteiger partial charge in [-0.2, -0.15) is 5.10 Å². The molecule has 1 aliphatic rings. The lowest BCUT2D eigenvalue weighted by atomic mass is 9.75.